The molecule has 1 heterocycles. The molecular weight excluding hydrogens is 272 g/mol. The van der Waals surface area contributed by atoms with Crippen molar-refractivity contribution in [3.8, 4) is 0 Å². The number of esters is 1. The Balaban J connectivity index is 2.06. The van der Waals surface area contributed by atoms with Gasteiger partial charge in [0, 0.05) is 5.57 Å². The summed E-state index contributed by atoms with van der Waals surface area (Å²) < 4.78 is 5.73. The second-order valence-electron chi connectivity index (χ2n) is 5.54. The third-order valence-corrected chi connectivity index (χ3v) is 3.99. The molecule has 1 atom stereocenters. The number of unbranched alkanes of at least 4 members (excludes halogenated alkanes) is 2. The van der Waals surface area contributed by atoms with Crippen molar-refractivity contribution in [1.82, 2.24) is 0 Å². The quantitative estimate of drug-likeness (QED) is 0.574. The van der Waals surface area contributed by atoms with Gasteiger partial charge >= 0.3 is 5.97 Å². The van der Waals surface area contributed by atoms with E-state index in [1.54, 1.807) is 0 Å². The van der Waals surface area contributed by atoms with Crippen molar-refractivity contribution < 1.29 is 9.53 Å². The smallest absolute Gasteiger partial charge is 0.339 e. The number of allylic oxidation sites excluding steroid dienone is 1. The summed E-state index contributed by atoms with van der Waals surface area (Å²) in [6.07, 6.45) is 5.22. The molecule has 112 valence electrons. The van der Waals surface area contributed by atoms with E-state index < -0.39 is 0 Å². The van der Waals surface area contributed by atoms with Crippen LogP contribution < -0.4 is 0 Å². The highest BCUT2D eigenvalue weighted by atomic mass is 16.5. The Kier molecular flexibility index (Phi) is 4.38. The van der Waals surface area contributed by atoms with Gasteiger partial charge in [-0.05, 0) is 23.6 Å². The fourth-order valence-electron chi connectivity index (χ4n) is 2.84. The van der Waals surface area contributed by atoms with Crippen molar-refractivity contribution in [2.75, 3.05) is 0 Å². The Bertz CT molecular complexity index is 686. The number of hydrogen-bond acceptors (Lipinski definition) is 2. The van der Waals surface area contributed by atoms with E-state index in [-0.39, 0.29) is 12.1 Å². The van der Waals surface area contributed by atoms with Gasteiger partial charge in [-0.15, -0.1) is 0 Å². The van der Waals surface area contributed by atoms with Gasteiger partial charge in [0.2, 0.25) is 0 Å². The van der Waals surface area contributed by atoms with Crippen LogP contribution in [0.5, 0.6) is 0 Å². The molecular formula is C20H20O2. The predicted molar refractivity (Wildman–Crippen MR) is 88.5 cm³/mol. The number of fused-ring (bicyclic) bond motifs is 1. The van der Waals surface area contributed by atoms with Crippen LogP contribution in [0, 0.1) is 0 Å². The molecule has 0 bridgehead atoms. The van der Waals surface area contributed by atoms with Crippen LogP contribution in [0.25, 0.3) is 5.57 Å². The third kappa shape index (κ3) is 2.82. The monoisotopic (exact) mass is 292 g/mol. The van der Waals surface area contributed by atoms with Crippen molar-refractivity contribution >= 4 is 11.5 Å². The minimum atomic E-state index is -0.305. The highest BCUT2D eigenvalue weighted by Gasteiger charge is 2.31. The average molecular weight is 292 g/mol. The normalized spacial score (nSPS) is 18.9. The van der Waals surface area contributed by atoms with Crippen LogP contribution in [0.4, 0.5) is 0 Å². The van der Waals surface area contributed by atoms with Gasteiger partial charge in [-0.25, -0.2) is 4.79 Å². The van der Waals surface area contributed by atoms with Gasteiger partial charge in [0.05, 0.1) is 5.56 Å². The van der Waals surface area contributed by atoms with E-state index in [9.17, 15) is 4.79 Å². The van der Waals surface area contributed by atoms with Crippen molar-refractivity contribution in [2.45, 2.75) is 32.3 Å². The van der Waals surface area contributed by atoms with E-state index in [4.69, 9.17) is 4.74 Å². The van der Waals surface area contributed by atoms with Crippen LogP contribution in [0.3, 0.4) is 0 Å². The summed E-state index contributed by atoms with van der Waals surface area (Å²) in [6.45, 7) is 2.18. The maximum atomic E-state index is 12.3. The molecule has 0 aromatic heterocycles. The predicted octanol–water partition coefficient (Wildman–Crippen LogP) is 5.17. The molecule has 0 saturated heterocycles. The van der Waals surface area contributed by atoms with Gasteiger partial charge in [-0.2, -0.15) is 0 Å². The Morgan fingerprint density at radius 2 is 1.68 bits per heavy atom. The van der Waals surface area contributed by atoms with Gasteiger partial charge in [0.15, 0.2) is 6.10 Å². The highest BCUT2D eigenvalue weighted by Crippen LogP contribution is 2.40. The first-order chi connectivity index (χ1) is 10.8. The Morgan fingerprint density at radius 1 is 1.00 bits per heavy atom. The third-order valence-electron chi connectivity index (χ3n) is 3.99. The first-order valence-corrected chi connectivity index (χ1v) is 7.86. The lowest BCUT2D eigenvalue weighted by molar-refractivity contribution is 0.0387. The van der Waals surface area contributed by atoms with Gasteiger partial charge < -0.3 is 4.74 Å². The summed E-state index contributed by atoms with van der Waals surface area (Å²) >= 11 is 0. The lowest BCUT2D eigenvalue weighted by atomic mass is 9.88. The van der Waals surface area contributed by atoms with Crippen LogP contribution in [-0.2, 0) is 4.74 Å². The van der Waals surface area contributed by atoms with Crippen molar-refractivity contribution in [3.05, 3.63) is 77.4 Å². The maximum absolute atomic E-state index is 12.3. The zero-order valence-corrected chi connectivity index (χ0v) is 12.8. The molecule has 0 N–H and O–H groups in total. The second kappa shape index (κ2) is 6.61. The van der Waals surface area contributed by atoms with E-state index in [0.29, 0.717) is 5.56 Å². The van der Waals surface area contributed by atoms with Gasteiger partial charge in [-0.3, -0.25) is 0 Å². The summed E-state index contributed by atoms with van der Waals surface area (Å²) in [4.78, 5) is 12.3. The number of benzene rings is 2. The minimum Gasteiger partial charge on any atom is -0.449 e. The van der Waals surface area contributed by atoms with Gasteiger partial charge in [0.25, 0.3) is 0 Å². The van der Waals surface area contributed by atoms with E-state index in [1.165, 1.54) is 0 Å². The van der Waals surface area contributed by atoms with E-state index in [1.807, 2.05) is 54.6 Å². The molecule has 0 spiro atoms. The molecule has 1 aliphatic rings. The molecule has 0 saturated carbocycles. The zero-order valence-electron chi connectivity index (χ0n) is 12.8. The van der Waals surface area contributed by atoms with E-state index in [2.05, 4.69) is 13.0 Å². The van der Waals surface area contributed by atoms with Crippen molar-refractivity contribution in [1.29, 1.82) is 0 Å². The number of cyclic esters (lactones) is 1. The molecule has 2 aromatic rings. The first-order valence-electron chi connectivity index (χ1n) is 7.86. The molecule has 0 radical (unpaired) electrons. The average Bonchev–Trinajstić information content (AvgIpc) is 2.58. The van der Waals surface area contributed by atoms with Crippen molar-refractivity contribution in [3.63, 3.8) is 0 Å². The molecule has 0 fully saturated rings. The van der Waals surface area contributed by atoms with E-state index in [0.717, 1.165) is 36.0 Å². The molecule has 0 amide bonds. The number of ether oxygens (including phenoxy) is 1. The summed E-state index contributed by atoms with van der Waals surface area (Å²) in [5.41, 5.74) is 3.80. The maximum Gasteiger partial charge on any atom is 0.339 e. The largest absolute Gasteiger partial charge is 0.449 e. The van der Waals surface area contributed by atoms with Gasteiger partial charge in [-0.1, -0.05) is 74.4 Å². The molecule has 1 aliphatic heterocycles. The molecule has 2 nitrogen and oxygen atoms in total. The SMILES string of the molecule is CCCC/C=C1\c2ccccc2C(=O)OC1c1ccccc1. The fourth-order valence-corrected chi connectivity index (χ4v) is 2.84. The van der Waals surface area contributed by atoms with Crippen LogP contribution in [0.2, 0.25) is 0 Å². The Morgan fingerprint density at radius 3 is 2.41 bits per heavy atom. The summed E-state index contributed by atoms with van der Waals surface area (Å²) in [5.74, 6) is -0.239. The molecule has 0 aliphatic carbocycles. The topological polar surface area (TPSA) is 26.3 Å². The fraction of sp³-hybridized carbons (Fsp3) is 0.250. The lowest BCUT2D eigenvalue weighted by Crippen LogP contribution is -2.21. The number of rotatable bonds is 4. The van der Waals surface area contributed by atoms with Gasteiger partial charge in [0.1, 0.15) is 0 Å². The molecule has 2 heteroatoms. The number of carbonyl (C=O) groups excluding carboxylic acids is 1. The summed E-state index contributed by atoms with van der Waals surface area (Å²) in [6, 6.07) is 17.7. The van der Waals surface area contributed by atoms with Crippen LogP contribution in [0.15, 0.2) is 60.7 Å². The number of carbonyl (C=O) groups is 1. The highest BCUT2D eigenvalue weighted by molar-refractivity contribution is 5.99. The standard InChI is InChI=1S/C20H20O2/c1-2-3-5-13-17-16-12-8-9-14-18(16)20(21)22-19(17)15-10-6-4-7-11-15/h4,6-14,19H,2-3,5H2,1H3/b17-13+. The molecule has 3 rings (SSSR count). The Labute approximate surface area is 131 Å². The van der Waals surface area contributed by atoms with Crippen LogP contribution in [0.1, 0.15) is 53.8 Å². The first kappa shape index (κ1) is 14.6. The lowest BCUT2D eigenvalue weighted by Gasteiger charge is -2.28. The summed E-state index contributed by atoms with van der Waals surface area (Å²) in [7, 11) is 0. The number of hydrogen-bond donors (Lipinski definition) is 0. The molecule has 2 aromatic carbocycles. The van der Waals surface area contributed by atoms with Crippen LogP contribution >= 0.6 is 0 Å². The summed E-state index contributed by atoms with van der Waals surface area (Å²) in [5, 5.41) is 0. The Hall–Kier alpha value is -2.35. The zero-order chi connectivity index (χ0) is 15.4. The molecule has 22 heavy (non-hydrogen) atoms. The second-order valence-corrected chi connectivity index (χ2v) is 5.54. The minimum absolute atomic E-state index is 0.239. The van der Waals surface area contributed by atoms with Crippen molar-refractivity contribution in [2.24, 2.45) is 0 Å². The van der Waals surface area contributed by atoms with E-state index >= 15 is 0 Å². The van der Waals surface area contributed by atoms with Crippen LogP contribution in [-0.4, -0.2) is 5.97 Å². The molecule has 1 unspecified atom stereocenters.